The van der Waals surface area contributed by atoms with Crippen LogP contribution in [0.3, 0.4) is 0 Å². The molecule has 1 aromatic rings. The molecule has 7 nitrogen and oxygen atoms in total. The maximum atomic E-state index is 5.98. The first-order chi connectivity index (χ1) is 11.6. The minimum absolute atomic E-state index is 0.399. The molecule has 1 fully saturated rings. The molecule has 1 unspecified atom stereocenters. The normalized spacial score (nSPS) is 17.4. The van der Waals surface area contributed by atoms with Crippen LogP contribution in [-0.2, 0) is 4.74 Å². The summed E-state index contributed by atoms with van der Waals surface area (Å²) in [7, 11) is 3.21. The van der Waals surface area contributed by atoms with Gasteiger partial charge in [-0.25, -0.2) is 0 Å². The summed E-state index contributed by atoms with van der Waals surface area (Å²) in [5.41, 5.74) is 6.80. The molecule has 0 amide bonds. The Kier molecular flexibility index (Phi) is 7.14. The van der Waals surface area contributed by atoms with E-state index in [1.807, 2.05) is 18.2 Å². The van der Waals surface area contributed by atoms with Gasteiger partial charge in [0.1, 0.15) is 0 Å². The number of nitrogens with zero attached hydrogens (tertiary/aromatic N) is 2. The summed E-state index contributed by atoms with van der Waals surface area (Å²) in [5.74, 6) is 2.17. The van der Waals surface area contributed by atoms with Gasteiger partial charge in [-0.3, -0.25) is 9.89 Å². The lowest BCUT2D eigenvalue weighted by Gasteiger charge is -2.28. The van der Waals surface area contributed by atoms with Crippen molar-refractivity contribution in [1.82, 2.24) is 4.90 Å². The second-order valence-electron chi connectivity index (χ2n) is 5.94. The molecule has 1 atom stereocenters. The average Bonchev–Trinajstić information content (AvgIpc) is 2.60. The monoisotopic (exact) mass is 336 g/mol. The molecule has 1 saturated heterocycles. The minimum atomic E-state index is 0.399. The molecule has 2 rings (SSSR count). The van der Waals surface area contributed by atoms with Crippen molar-refractivity contribution < 1.29 is 14.2 Å². The van der Waals surface area contributed by atoms with Gasteiger partial charge in [0, 0.05) is 37.9 Å². The predicted molar refractivity (Wildman–Crippen MR) is 96.1 cm³/mol. The number of anilines is 1. The van der Waals surface area contributed by atoms with Gasteiger partial charge in [-0.05, 0) is 18.1 Å². The molecule has 0 aliphatic carbocycles. The highest BCUT2D eigenvalue weighted by atomic mass is 16.5. The van der Waals surface area contributed by atoms with E-state index < -0.39 is 0 Å². The Hall–Kier alpha value is -1.99. The molecule has 1 aliphatic heterocycles. The highest BCUT2D eigenvalue weighted by Gasteiger charge is 2.13. The van der Waals surface area contributed by atoms with Crippen LogP contribution in [0.25, 0.3) is 0 Å². The summed E-state index contributed by atoms with van der Waals surface area (Å²) in [4.78, 5) is 6.84. The van der Waals surface area contributed by atoms with Crippen molar-refractivity contribution in [3.8, 4) is 11.5 Å². The average molecular weight is 336 g/mol. The second kappa shape index (κ2) is 9.34. The largest absolute Gasteiger partial charge is 0.493 e. The Morgan fingerprint density at radius 2 is 2.00 bits per heavy atom. The van der Waals surface area contributed by atoms with Gasteiger partial charge in [-0.2, -0.15) is 0 Å². The maximum Gasteiger partial charge on any atom is 0.193 e. The highest BCUT2D eigenvalue weighted by Crippen LogP contribution is 2.29. The second-order valence-corrected chi connectivity index (χ2v) is 5.94. The fourth-order valence-electron chi connectivity index (χ4n) is 2.64. The van der Waals surface area contributed by atoms with Gasteiger partial charge in [0.15, 0.2) is 17.5 Å². The Labute approximate surface area is 143 Å². The van der Waals surface area contributed by atoms with Gasteiger partial charge < -0.3 is 25.3 Å². The van der Waals surface area contributed by atoms with Gasteiger partial charge in [0.2, 0.25) is 0 Å². The summed E-state index contributed by atoms with van der Waals surface area (Å²) in [6.07, 6.45) is 0. The molecular weight excluding hydrogens is 308 g/mol. The van der Waals surface area contributed by atoms with E-state index >= 15 is 0 Å². The van der Waals surface area contributed by atoms with Crippen LogP contribution in [0.2, 0.25) is 0 Å². The lowest BCUT2D eigenvalue weighted by atomic mass is 10.1. The van der Waals surface area contributed by atoms with Crippen LogP contribution in [0.4, 0.5) is 5.69 Å². The molecule has 1 aliphatic rings. The van der Waals surface area contributed by atoms with Crippen LogP contribution in [0.1, 0.15) is 6.92 Å². The van der Waals surface area contributed by atoms with Gasteiger partial charge >= 0.3 is 0 Å². The first-order valence-corrected chi connectivity index (χ1v) is 8.21. The van der Waals surface area contributed by atoms with Crippen molar-refractivity contribution >= 4 is 11.6 Å². The number of hydrogen-bond donors (Lipinski definition) is 2. The van der Waals surface area contributed by atoms with E-state index in [-0.39, 0.29) is 0 Å². The zero-order valence-corrected chi connectivity index (χ0v) is 14.7. The summed E-state index contributed by atoms with van der Waals surface area (Å²) in [6, 6.07) is 5.54. The van der Waals surface area contributed by atoms with Crippen molar-refractivity contribution in [3.63, 3.8) is 0 Å². The molecule has 24 heavy (non-hydrogen) atoms. The third-order valence-electron chi connectivity index (χ3n) is 3.90. The molecule has 1 heterocycles. The van der Waals surface area contributed by atoms with E-state index in [1.165, 1.54) is 0 Å². The Balaban J connectivity index is 1.84. The lowest BCUT2D eigenvalue weighted by molar-refractivity contribution is 0.0323. The fourth-order valence-corrected chi connectivity index (χ4v) is 2.64. The number of ether oxygens (including phenoxy) is 3. The molecule has 1 aromatic carbocycles. The van der Waals surface area contributed by atoms with Crippen LogP contribution < -0.4 is 20.5 Å². The zero-order valence-electron chi connectivity index (χ0n) is 14.7. The van der Waals surface area contributed by atoms with Crippen LogP contribution in [0.15, 0.2) is 23.2 Å². The summed E-state index contributed by atoms with van der Waals surface area (Å²) in [6.45, 7) is 7.50. The van der Waals surface area contributed by atoms with Crippen LogP contribution in [-0.4, -0.2) is 64.5 Å². The van der Waals surface area contributed by atoms with Gasteiger partial charge in [-0.15, -0.1) is 0 Å². The van der Waals surface area contributed by atoms with E-state index in [9.17, 15) is 0 Å². The van der Waals surface area contributed by atoms with E-state index in [2.05, 4.69) is 22.1 Å². The number of nitrogens with one attached hydrogen (secondary N) is 1. The molecule has 0 radical (unpaired) electrons. The quantitative estimate of drug-likeness (QED) is 0.579. The molecule has 7 heteroatoms. The standard InChI is InChI=1S/C17H28N4O3/c1-13(12-21-6-8-24-9-7-21)11-19-17(18)20-14-4-5-15(22-2)16(10-14)23-3/h4-5,10,13H,6-9,11-12H2,1-3H3,(H3,18,19,20). The third kappa shape index (κ3) is 5.58. The first kappa shape index (κ1) is 18.4. The van der Waals surface area contributed by atoms with Crippen molar-refractivity contribution in [3.05, 3.63) is 18.2 Å². The molecule has 0 bridgehead atoms. The summed E-state index contributed by atoms with van der Waals surface area (Å²) >= 11 is 0. The van der Waals surface area contributed by atoms with Gasteiger partial charge in [-0.1, -0.05) is 6.92 Å². The number of methoxy groups -OCH3 is 2. The number of guanidine groups is 1. The summed E-state index contributed by atoms with van der Waals surface area (Å²) in [5, 5.41) is 3.09. The zero-order chi connectivity index (χ0) is 17.4. The van der Waals surface area contributed by atoms with E-state index in [1.54, 1.807) is 14.2 Å². The fraction of sp³-hybridized carbons (Fsp3) is 0.588. The molecule has 0 saturated carbocycles. The number of benzene rings is 1. The molecule has 3 N–H and O–H groups in total. The molecule has 0 spiro atoms. The summed E-state index contributed by atoms with van der Waals surface area (Å²) < 4.78 is 15.9. The highest BCUT2D eigenvalue weighted by molar-refractivity contribution is 5.92. The van der Waals surface area contributed by atoms with Crippen LogP contribution in [0, 0.1) is 5.92 Å². The van der Waals surface area contributed by atoms with Crippen molar-refractivity contribution in [1.29, 1.82) is 0 Å². The Morgan fingerprint density at radius 1 is 1.29 bits per heavy atom. The smallest absolute Gasteiger partial charge is 0.193 e. The number of morpholine rings is 1. The number of rotatable bonds is 7. The van der Waals surface area contributed by atoms with Crippen LogP contribution in [0.5, 0.6) is 11.5 Å². The van der Waals surface area contributed by atoms with Crippen molar-refractivity contribution in [2.24, 2.45) is 16.6 Å². The van der Waals surface area contributed by atoms with Gasteiger partial charge in [0.25, 0.3) is 0 Å². The topological polar surface area (TPSA) is 81.3 Å². The van der Waals surface area contributed by atoms with E-state index in [0.29, 0.717) is 29.9 Å². The number of nitrogens with two attached hydrogens (primary N) is 1. The van der Waals surface area contributed by atoms with E-state index in [4.69, 9.17) is 19.9 Å². The number of hydrogen-bond acceptors (Lipinski definition) is 5. The first-order valence-electron chi connectivity index (χ1n) is 8.21. The Morgan fingerprint density at radius 3 is 2.67 bits per heavy atom. The minimum Gasteiger partial charge on any atom is -0.493 e. The SMILES string of the molecule is COc1ccc(NC(N)=NCC(C)CN2CCOCC2)cc1OC. The van der Waals surface area contributed by atoms with Crippen molar-refractivity contribution in [2.75, 3.05) is 58.9 Å². The van der Waals surface area contributed by atoms with Crippen molar-refractivity contribution in [2.45, 2.75) is 6.92 Å². The van der Waals surface area contributed by atoms with E-state index in [0.717, 1.165) is 38.5 Å². The third-order valence-corrected chi connectivity index (χ3v) is 3.90. The predicted octanol–water partition coefficient (Wildman–Crippen LogP) is 1.40. The molecule has 134 valence electrons. The molecular formula is C17H28N4O3. The number of aliphatic imine (C=N–C) groups is 1. The Bertz CT molecular complexity index is 545. The van der Waals surface area contributed by atoms with Crippen LogP contribution >= 0.6 is 0 Å². The van der Waals surface area contributed by atoms with Gasteiger partial charge in [0.05, 0.1) is 27.4 Å². The maximum absolute atomic E-state index is 5.98. The lowest BCUT2D eigenvalue weighted by Crippen LogP contribution is -2.39. The molecule has 0 aromatic heterocycles.